The fourth-order valence-corrected chi connectivity index (χ4v) is 3.67. The Bertz CT molecular complexity index is 1040. The van der Waals surface area contributed by atoms with Crippen molar-refractivity contribution >= 4 is 25.5 Å². The van der Waals surface area contributed by atoms with Crippen molar-refractivity contribution in [1.29, 1.82) is 0 Å². The van der Waals surface area contributed by atoms with E-state index in [-0.39, 0.29) is 27.6 Å². The van der Waals surface area contributed by atoms with Gasteiger partial charge in [0.2, 0.25) is 10.0 Å². The Morgan fingerprint density at radius 3 is 2.27 bits per heavy atom. The fraction of sp³-hybridized carbons (Fsp3) is 0.200. The number of benzene rings is 2. The second-order valence-electron chi connectivity index (χ2n) is 5.55. The van der Waals surface area contributed by atoms with Gasteiger partial charge in [-0.15, -0.1) is 0 Å². The molecule has 0 radical (unpaired) electrons. The van der Waals surface area contributed by atoms with Gasteiger partial charge >= 0.3 is 0 Å². The molecule has 2 aromatic carbocycles. The number of anilines is 1. The molecule has 0 fully saturated rings. The van der Waals surface area contributed by atoms with Crippen molar-refractivity contribution in [1.82, 2.24) is 0 Å². The standard InChI is InChI=1S/C15H16F2N2O5S2/c1-25(21,22)15-7-10(26(18,23)24)3-5-13(15)19-8-14(20)9-2-4-11(16)12(17)6-9/h2-7,14,19-20H,8H2,1H3,(H2,18,23,24). The Kier molecular flexibility index (Phi) is 5.66. The van der Waals surface area contributed by atoms with Crippen LogP contribution in [0.5, 0.6) is 0 Å². The molecule has 142 valence electrons. The minimum absolute atomic E-state index is 0.0292. The van der Waals surface area contributed by atoms with Gasteiger partial charge in [0.1, 0.15) is 0 Å². The molecule has 0 aliphatic rings. The largest absolute Gasteiger partial charge is 0.387 e. The van der Waals surface area contributed by atoms with Crippen molar-refractivity contribution in [2.75, 3.05) is 18.1 Å². The Morgan fingerprint density at radius 1 is 1.08 bits per heavy atom. The van der Waals surface area contributed by atoms with E-state index in [1.165, 1.54) is 12.1 Å². The molecule has 0 saturated heterocycles. The van der Waals surface area contributed by atoms with Crippen LogP contribution in [0.2, 0.25) is 0 Å². The zero-order chi connectivity index (χ0) is 19.7. The van der Waals surface area contributed by atoms with Gasteiger partial charge in [0.15, 0.2) is 21.5 Å². The second-order valence-corrected chi connectivity index (χ2v) is 9.09. The lowest BCUT2D eigenvalue weighted by Gasteiger charge is -2.16. The van der Waals surface area contributed by atoms with Crippen LogP contribution in [0.15, 0.2) is 46.2 Å². The average Bonchev–Trinajstić information content (AvgIpc) is 2.53. The molecule has 4 N–H and O–H groups in total. The van der Waals surface area contributed by atoms with Crippen LogP contribution >= 0.6 is 0 Å². The zero-order valence-electron chi connectivity index (χ0n) is 13.5. The van der Waals surface area contributed by atoms with Crippen LogP contribution in [0.4, 0.5) is 14.5 Å². The zero-order valence-corrected chi connectivity index (χ0v) is 15.1. The van der Waals surface area contributed by atoms with Crippen LogP contribution in [0.1, 0.15) is 11.7 Å². The highest BCUT2D eigenvalue weighted by atomic mass is 32.2. The summed E-state index contributed by atoms with van der Waals surface area (Å²) in [4.78, 5) is -0.717. The van der Waals surface area contributed by atoms with E-state index in [2.05, 4.69) is 5.32 Å². The first-order valence-corrected chi connectivity index (χ1v) is 10.6. The summed E-state index contributed by atoms with van der Waals surface area (Å²) in [6.45, 7) is -0.234. The topological polar surface area (TPSA) is 127 Å². The van der Waals surface area contributed by atoms with Crippen molar-refractivity contribution in [3.63, 3.8) is 0 Å². The molecule has 2 rings (SSSR count). The van der Waals surface area contributed by atoms with E-state index in [9.17, 15) is 30.7 Å². The van der Waals surface area contributed by atoms with Crippen molar-refractivity contribution in [3.05, 3.63) is 53.6 Å². The number of sulfonamides is 1. The third-order valence-corrected chi connectivity index (χ3v) is 5.54. The lowest BCUT2D eigenvalue weighted by atomic mass is 10.1. The van der Waals surface area contributed by atoms with E-state index >= 15 is 0 Å². The van der Waals surface area contributed by atoms with Crippen molar-refractivity contribution < 1.29 is 30.7 Å². The van der Waals surface area contributed by atoms with Crippen LogP contribution in [-0.4, -0.2) is 34.7 Å². The molecule has 0 aliphatic carbocycles. The van der Waals surface area contributed by atoms with Gasteiger partial charge < -0.3 is 10.4 Å². The molecule has 0 heterocycles. The molecule has 0 spiro atoms. The molecule has 26 heavy (non-hydrogen) atoms. The SMILES string of the molecule is CS(=O)(=O)c1cc(S(N)(=O)=O)ccc1NCC(O)c1ccc(F)c(F)c1. The summed E-state index contributed by atoms with van der Waals surface area (Å²) in [6, 6.07) is 6.06. The molecular formula is C15H16F2N2O5S2. The lowest BCUT2D eigenvalue weighted by Crippen LogP contribution is -2.16. The maximum atomic E-state index is 13.2. The molecule has 0 saturated carbocycles. The number of rotatable bonds is 6. The van der Waals surface area contributed by atoms with Crippen molar-refractivity contribution in [3.8, 4) is 0 Å². The van der Waals surface area contributed by atoms with Gasteiger partial charge in [-0.25, -0.2) is 30.8 Å². The van der Waals surface area contributed by atoms with Crippen LogP contribution in [-0.2, 0) is 19.9 Å². The highest BCUT2D eigenvalue weighted by Crippen LogP contribution is 2.26. The third kappa shape index (κ3) is 4.75. The molecular weight excluding hydrogens is 390 g/mol. The summed E-state index contributed by atoms with van der Waals surface area (Å²) in [5.41, 5.74) is 0.111. The fourth-order valence-electron chi connectivity index (χ4n) is 2.18. The number of nitrogens with one attached hydrogen (secondary N) is 1. The number of sulfone groups is 1. The number of primary sulfonamides is 1. The number of hydrogen-bond acceptors (Lipinski definition) is 6. The van der Waals surface area contributed by atoms with Gasteiger partial charge in [0.25, 0.3) is 0 Å². The van der Waals surface area contributed by atoms with Gasteiger partial charge in [-0.3, -0.25) is 0 Å². The van der Waals surface area contributed by atoms with Gasteiger partial charge in [0.05, 0.1) is 21.6 Å². The molecule has 0 bridgehead atoms. The minimum Gasteiger partial charge on any atom is -0.387 e. The predicted octanol–water partition coefficient (Wildman–Crippen LogP) is 1.16. The smallest absolute Gasteiger partial charge is 0.238 e. The molecule has 0 aliphatic heterocycles. The van der Waals surface area contributed by atoms with Gasteiger partial charge in [0, 0.05) is 12.8 Å². The van der Waals surface area contributed by atoms with Gasteiger partial charge in [-0.2, -0.15) is 0 Å². The number of nitrogens with two attached hydrogens (primary N) is 1. The number of hydrogen-bond donors (Lipinski definition) is 3. The molecule has 2 aromatic rings. The Morgan fingerprint density at radius 2 is 1.73 bits per heavy atom. The second kappa shape index (κ2) is 7.27. The van der Waals surface area contributed by atoms with E-state index < -0.39 is 37.6 Å². The van der Waals surface area contributed by atoms with Gasteiger partial charge in [-0.05, 0) is 35.9 Å². The van der Waals surface area contributed by atoms with Crippen LogP contribution < -0.4 is 10.5 Å². The molecule has 1 unspecified atom stereocenters. The van der Waals surface area contributed by atoms with E-state index in [1.807, 2.05) is 0 Å². The normalized spacial score (nSPS) is 13.4. The third-order valence-electron chi connectivity index (χ3n) is 3.50. The average molecular weight is 406 g/mol. The number of aliphatic hydroxyl groups is 1. The Hall–Kier alpha value is -2.08. The summed E-state index contributed by atoms with van der Waals surface area (Å²) in [6.07, 6.45) is -0.387. The Labute approximate surface area is 149 Å². The predicted molar refractivity (Wildman–Crippen MR) is 90.7 cm³/mol. The summed E-state index contributed by atoms with van der Waals surface area (Å²) in [5, 5.41) is 17.7. The minimum atomic E-state index is -4.10. The molecule has 0 aromatic heterocycles. The first kappa shape index (κ1) is 20.2. The monoisotopic (exact) mass is 406 g/mol. The molecule has 7 nitrogen and oxygen atoms in total. The maximum absolute atomic E-state index is 13.2. The first-order valence-electron chi connectivity index (χ1n) is 7.13. The quantitative estimate of drug-likeness (QED) is 0.661. The molecule has 11 heteroatoms. The molecule has 1 atom stereocenters. The van der Waals surface area contributed by atoms with E-state index in [4.69, 9.17) is 5.14 Å². The van der Waals surface area contributed by atoms with Crippen LogP contribution in [0.25, 0.3) is 0 Å². The van der Waals surface area contributed by atoms with Crippen LogP contribution in [0.3, 0.4) is 0 Å². The molecule has 0 amide bonds. The summed E-state index contributed by atoms with van der Waals surface area (Å²) >= 11 is 0. The van der Waals surface area contributed by atoms with Crippen molar-refractivity contribution in [2.24, 2.45) is 5.14 Å². The summed E-state index contributed by atoms with van der Waals surface area (Å²) < 4.78 is 72.7. The highest BCUT2D eigenvalue weighted by molar-refractivity contribution is 7.91. The maximum Gasteiger partial charge on any atom is 0.238 e. The van der Waals surface area contributed by atoms with E-state index in [0.717, 1.165) is 30.5 Å². The Balaban J connectivity index is 2.30. The van der Waals surface area contributed by atoms with Gasteiger partial charge in [-0.1, -0.05) is 6.07 Å². The first-order chi connectivity index (χ1) is 11.9. The number of aliphatic hydroxyl groups excluding tert-OH is 1. The lowest BCUT2D eigenvalue weighted by molar-refractivity contribution is 0.191. The van der Waals surface area contributed by atoms with E-state index in [0.29, 0.717) is 0 Å². The van der Waals surface area contributed by atoms with E-state index in [1.54, 1.807) is 0 Å². The number of halogens is 2. The summed E-state index contributed by atoms with van der Waals surface area (Å²) in [7, 11) is -7.92. The van der Waals surface area contributed by atoms with Crippen molar-refractivity contribution in [2.45, 2.75) is 15.9 Å². The highest BCUT2D eigenvalue weighted by Gasteiger charge is 2.19. The van der Waals surface area contributed by atoms with Crippen LogP contribution in [0, 0.1) is 11.6 Å². The summed E-state index contributed by atoms with van der Waals surface area (Å²) in [5.74, 6) is -2.19.